The zero-order chi connectivity index (χ0) is 12.7. The van der Waals surface area contributed by atoms with Crippen molar-refractivity contribution in [2.75, 3.05) is 6.54 Å². The Labute approximate surface area is 103 Å². The van der Waals surface area contributed by atoms with Crippen molar-refractivity contribution in [2.45, 2.75) is 32.8 Å². The van der Waals surface area contributed by atoms with Crippen LogP contribution in [0.4, 0.5) is 0 Å². The van der Waals surface area contributed by atoms with Gasteiger partial charge in [-0.2, -0.15) is 0 Å². The maximum Gasteiger partial charge on any atom is 0.222 e. The average molecular weight is 235 g/mol. The minimum Gasteiger partial charge on any atom is -0.391 e. The van der Waals surface area contributed by atoms with Crippen LogP contribution < -0.4 is 5.32 Å². The predicted molar refractivity (Wildman–Crippen MR) is 68.6 cm³/mol. The SMILES string of the molecule is CC[C@H](C)C(=O)NC[C@@H](O)Cc1ccccc1. The summed E-state index contributed by atoms with van der Waals surface area (Å²) in [6.45, 7) is 4.18. The fourth-order valence-corrected chi connectivity index (χ4v) is 1.54. The Balaban J connectivity index is 2.31. The third-order valence-electron chi connectivity index (χ3n) is 2.89. The van der Waals surface area contributed by atoms with Crippen LogP contribution in [-0.4, -0.2) is 23.7 Å². The van der Waals surface area contributed by atoms with Gasteiger partial charge in [0.25, 0.3) is 0 Å². The second-order valence-corrected chi connectivity index (χ2v) is 4.40. The molecule has 1 aromatic rings. The molecule has 0 bridgehead atoms. The molecule has 0 aliphatic carbocycles. The van der Waals surface area contributed by atoms with Gasteiger partial charge in [-0.1, -0.05) is 44.2 Å². The summed E-state index contributed by atoms with van der Waals surface area (Å²) in [4.78, 5) is 11.5. The Hall–Kier alpha value is -1.35. The van der Waals surface area contributed by atoms with Gasteiger partial charge in [0, 0.05) is 18.9 Å². The van der Waals surface area contributed by atoms with Gasteiger partial charge in [0.2, 0.25) is 5.91 Å². The molecule has 2 atom stereocenters. The van der Waals surface area contributed by atoms with Crippen LogP contribution in [0.15, 0.2) is 30.3 Å². The van der Waals surface area contributed by atoms with Gasteiger partial charge in [0.1, 0.15) is 0 Å². The third-order valence-corrected chi connectivity index (χ3v) is 2.89. The van der Waals surface area contributed by atoms with Crippen molar-refractivity contribution < 1.29 is 9.90 Å². The molecule has 0 spiro atoms. The van der Waals surface area contributed by atoms with Gasteiger partial charge < -0.3 is 10.4 Å². The second kappa shape index (κ2) is 7.07. The number of carbonyl (C=O) groups is 1. The summed E-state index contributed by atoms with van der Waals surface area (Å²) in [6, 6.07) is 9.78. The van der Waals surface area contributed by atoms with Crippen molar-refractivity contribution in [1.82, 2.24) is 5.32 Å². The van der Waals surface area contributed by atoms with E-state index in [1.54, 1.807) is 0 Å². The lowest BCUT2D eigenvalue weighted by Crippen LogP contribution is -2.36. The van der Waals surface area contributed by atoms with E-state index in [-0.39, 0.29) is 11.8 Å². The number of rotatable bonds is 6. The van der Waals surface area contributed by atoms with E-state index in [4.69, 9.17) is 0 Å². The number of amides is 1. The van der Waals surface area contributed by atoms with Gasteiger partial charge in [0.15, 0.2) is 0 Å². The molecule has 17 heavy (non-hydrogen) atoms. The highest BCUT2D eigenvalue weighted by molar-refractivity contribution is 5.78. The molecule has 3 heteroatoms. The first kappa shape index (κ1) is 13.7. The summed E-state index contributed by atoms with van der Waals surface area (Å²) in [5.74, 6) is 0.0264. The highest BCUT2D eigenvalue weighted by Gasteiger charge is 2.12. The van der Waals surface area contributed by atoms with Crippen LogP contribution in [0.5, 0.6) is 0 Å². The molecule has 1 amide bonds. The highest BCUT2D eigenvalue weighted by Crippen LogP contribution is 2.03. The molecular formula is C14H21NO2. The molecule has 0 aromatic heterocycles. The van der Waals surface area contributed by atoms with E-state index in [0.29, 0.717) is 13.0 Å². The highest BCUT2D eigenvalue weighted by atomic mass is 16.3. The molecule has 0 aliphatic rings. The first-order valence-electron chi connectivity index (χ1n) is 6.13. The molecule has 0 aliphatic heterocycles. The van der Waals surface area contributed by atoms with Gasteiger partial charge in [-0.3, -0.25) is 4.79 Å². The summed E-state index contributed by atoms with van der Waals surface area (Å²) in [5.41, 5.74) is 1.08. The van der Waals surface area contributed by atoms with E-state index in [9.17, 15) is 9.90 Å². The van der Waals surface area contributed by atoms with Gasteiger partial charge in [-0.15, -0.1) is 0 Å². The molecule has 0 saturated heterocycles. The third kappa shape index (κ3) is 5.00. The van der Waals surface area contributed by atoms with Crippen molar-refractivity contribution >= 4 is 5.91 Å². The molecule has 0 radical (unpaired) electrons. The van der Waals surface area contributed by atoms with E-state index in [2.05, 4.69) is 5.32 Å². The smallest absolute Gasteiger partial charge is 0.222 e. The molecule has 0 fully saturated rings. The van der Waals surface area contributed by atoms with Gasteiger partial charge >= 0.3 is 0 Å². The summed E-state index contributed by atoms with van der Waals surface area (Å²) >= 11 is 0. The standard InChI is InChI=1S/C14H21NO2/c1-3-11(2)14(17)15-10-13(16)9-12-7-5-4-6-8-12/h4-8,11,13,16H,3,9-10H2,1-2H3,(H,15,17)/t11-,13-/m0/s1. The van der Waals surface area contributed by atoms with Crippen LogP contribution in [0.25, 0.3) is 0 Å². The fourth-order valence-electron chi connectivity index (χ4n) is 1.54. The molecule has 0 unspecified atom stereocenters. The van der Waals surface area contributed by atoms with Crippen LogP contribution in [0.1, 0.15) is 25.8 Å². The Bertz CT molecular complexity index is 337. The van der Waals surface area contributed by atoms with Gasteiger partial charge in [-0.05, 0) is 12.0 Å². The molecule has 3 nitrogen and oxygen atoms in total. The fraction of sp³-hybridized carbons (Fsp3) is 0.500. The van der Waals surface area contributed by atoms with Gasteiger partial charge in [-0.25, -0.2) is 0 Å². The lowest BCUT2D eigenvalue weighted by molar-refractivity contribution is -0.125. The number of aliphatic hydroxyl groups is 1. The van der Waals surface area contributed by atoms with E-state index in [0.717, 1.165) is 12.0 Å². The van der Waals surface area contributed by atoms with Crippen molar-refractivity contribution in [3.8, 4) is 0 Å². The van der Waals surface area contributed by atoms with E-state index < -0.39 is 6.10 Å². The van der Waals surface area contributed by atoms with Crippen LogP contribution >= 0.6 is 0 Å². The molecule has 94 valence electrons. The number of aliphatic hydroxyl groups excluding tert-OH is 1. The largest absolute Gasteiger partial charge is 0.391 e. The van der Waals surface area contributed by atoms with Crippen molar-refractivity contribution in [3.05, 3.63) is 35.9 Å². The Morgan fingerprint density at radius 1 is 1.35 bits per heavy atom. The summed E-state index contributed by atoms with van der Waals surface area (Å²) in [5, 5.41) is 12.6. The molecule has 0 heterocycles. The monoisotopic (exact) mass is 235 g/mol. The minimum atomic E-state index is -0.523. The van der Waals surface area contributed by atoms with Gasteiger partial charge in [0.05, 0.1) is 6.10 Å². The normalized spacial score (nSPS) is 14.1. The van der Waals surface area contributed by atoms with Crippen molar-refractivity contribution in [3.63, 3.8) is 0 Å². The summed E-state index contributed by atoms with van der Waals surface area (Å²) < 4.78 is 0. The first-order valence-corrected chi connectivity index (χ1v) is 6.13. The lowest BCUT2D eigenvalue weighted by atomic mass is 10.1. The maximum atomic E-state index is 11.5. The Morgan fingerprint density at radius 3 is 2.59 bits per heavy atom. The topological polar surface area (TPSA) is 49.3 Å². The van der Waals surface area contributed by atoms with Crippen molar-refractivity contribution in [1.29, 1.82) is 0 Å². The molecule has 1 aromatic carbocycles. The van der Waals surface area contributed by atoms with E-state index in [1.807, 2.05) is 44.2 Å². The zero-order valence-electron chi connectivity index (χ0n) is 10.5. The van der Waals surface area contributed by atoms with Crippen LogP contribution in [0.2, 0.25) is 0 Å². The van der Waals surface area contributed by atoms with Crippen LogP contribution in [-0.2, 0) is 11.2 Å². The summed E-state index contributed by atoms with van der Waals surface area (Å²) in [7, 11) is 0. The Morgan fingerprint density at radius 2 is 2.00 bits per heavy atom. The maximum absolute atomic E-state index is 11.5. The van der Waals surface area contributed by atoms with E-state index in [1.165, 1.54) is 0 Å². The number of hydrogen-bond donors (Lipinski definition) is 2. The zero-order valence-corrected chi connectivity index (χ0v) is 10.5. The molecule has 2 N–H and O–H groups in total. The summed E-state index contributed by atoms with van der Waals surface area (Å²) in [6.07, 6.45) is 0.868. The first-order chi connectivity index (χ1) is 8.13. The minimum absolute atomic E-state index is 0.0129. The Kier molecular flexibility index (Phi) is 5.70. The van der Waals surface area contributed by atoms with Crippen LogP contribution in [0.3, 0.4) is 0 Å². The number of carbonyl (C=O) groups excluding carboxylic acids is 1. The molecule has 1 rings (SSSR count). The second-order valence-electron chi connectivity index (χ2n) is 4.40. The predicted octanol–water partition coefficient (Wildman–Crippen LogP) is 1.75. The quantitative estimate of drug-likeness (QED) is 0.789. The average Bonchev–Trinajstić information content (AvgIpc) is 2.36. The number of nitrogens with one attached hydrogen (secondary N) is 1. The van der Waals surface area contributed by atoms with E-state index >= 15 is 0 Å². The lowest BCUT2D eigenvalue weighted by Gasteiger charge is -2.14. The molecular weight excluding hydrogens is 214 g/mol. The van der Waals surface area contributed by atoms with Crippen molar-refractivity contribution in [2.24, 2.45) is 5.92 Å². The number of benzene rings is 1. The van der Waals surface area contributed by atoms with Crippen LogP contribution in [0, 0.1) is 5.92 Å². The molecule has 0 saturated carbocycles. The number of hydrogen-bond acceptors (Lipinski definition) is 2.